The van der Waals surface area contributed by atoms with E-state index in [-0.39, 0.29) is 17.1 Å². The molecule has 2 aromatic carbocycles. The van der Waals surface area contributed by atoms with E-state index in [9.17, 15) is 22.9 Å². The average Bonchev–Trinajstić information content (AvgIpc) is 2.41. The summed E-state index contributed by atoms with van der Waals surface area (Å²) in [6.45, 7) is 0. The first-order valence-corrected chi connectivity index (χ1v) is 6.99. The molecule has 0 fully saturated rings. The third-order valence-corrected chi connectivity index (χ3v) is 3.24. The van der Waals surface area contributed by atoms with Crippen molar-refractivity contribution >= 4 is 21.7 Å². The first-order valence-electron chi connectivity index (χ1n) is 5.58. The summed E-state index contributed by atoms with van der Waals surface area (Å²) >= 11 is 0. The number of non-ortho nitro benzene ring substituents is 1. The molecule has 0 bridgehead atoms. The Bertz CT molecular complexity index is 744. The largest absolute Gasteiger partial charge is 0.407 e. The number of rotatable bonds is 5. The van der Waals surface area contributed by atoms with E-state index in [0.717, 1.165) is 36.4 Å². The Balaban J connectivity index is 2.10. The highest BCUT2D eigenvalue weighted by atomic mass is 32.2. The molecule has 2 aromatic rings. The van der Waals surface area contributed by atoms with E-state index in [2.05, 4.69) is 4.72 Å². The van der Waals surface area contributed by atoms with Gasteiger partial charge >= 0.3 is 10.3 Å². The molecule has 0 saturated heterocycles. The fourth-order valence-electron chi connectivity index (χ4n) is 1.43. The van der Waals surface area contributed by atoms with Gasteiger partial charge in [0.1, 0.15) is 11.6 Å². The maximum absolute atomic E-state index is 12.7. The second-order valence-corrected chi connectivity index (χ2v) is 5.18. The molecule has 9 heteroatoms. The number of benzene rings is 2. The SMILES string of the molecule is O=[N+]([O-])c1ccc(OS(=O)(=O)Nc2ccc(F)cc2)cc1. The first-order chi connectivity index (χ1) is 9.85. The Hall–Kier alpha value is -2.68. The van der Waals surface area contributed by atoms with Gasteiger partial charge in [-0.3, -0.25) is 14.8 Å². The van der Waals surface area contributed by atoms with Gasteiger partial charge in [0.05, 0.1) is 10.6 Å². The van der Waals surface area contributed by atoms with E-state index < -0.39 is 21.0 Å². The van der Waals surface area contributed by atoms with Crippen LogP contribution in [0.5, 0.6) is 5.75 Å². The predicted molar refractivity (Wildman–Crippen MR) is 72.7 cm³/mol. The molecule has 0 radical (unpaired) electrons. The van der Waals surface area contributed by atoms with Crippen molar-refractivity contribution in [1.82, 2.24) is 0 Å². The maximum Gasteiger partial charge on any atom is 0.407 e. The average molecular weight is 312 g/mol. The second-order valence-electron chi connectivity index (χ2n) is 3.90. The predicted octanol–water partition coefficient (Wildman–Crippen LogP) is 2.47. The molecule has 7 nitrogen and oxygen atoms in total. The summed E-state index contributed by atoms with van der Waals surface area (Å²) in [6, 6.07) is 9.17. The molecular formula is C12H9FN2O5S. The molecule has 0 aliphatic rings. The zero-order valence-electron chi connectivity index (χ0n) is 10.4. The Morgan fingerprint density at radius 2 is 1.62 bits per heavy atom. The number of hydrogen-bond acceptors (Lipinski definition) is 5. The molecule has 1 N–H and O–H groups in total. The number of nitrogens with zero attached hydrogens (tertiary/aromatic N) is 1. The number of nitro groups is 1. The molecule has 0 unspecified atom stereocenters. The minimum Gasteiger partial charge on any atom is -0.367 e. The summed E-state index contributed by atoms with van der Waals surface area (Å²) in [6.07, 6.45) is 0. The van der Waals surface area contributed by atoms with Gasteiger partial charge in [0.2, 0.25) is 0 Å². The van der Waals surface area contributed by atoms with Crippen molar-refractivity contribution in [1.29, 1.82) is 0 Å². The van der Waals surface area contributed by atoms with Crippen LogP contribution in [0.2, 0.25) is 0 Å². The lowest BCUT2D eigenvalue weighted by molar-refractivity contribution is -0.384. The fourth-order valence-corrected chi connectivity index (χ4v) is 2.26. The molecule has 0 aromatic heterocycles. The number of anilines is 1. The number of halogens is 1. The zero-order chi connectivity index (χ0) is 15.5. The summed E-state index contributed by atoms with van der Waals surface area (Å²) in [7, 11) is -4.18. The quantitative estimate of drug-likeness (QED) is 0.675. The fraction of sp³-hybridized carbons (Fsp3) is 0. The smallest absolute Gasteiger partial charge is 0.367 e. The zero-order valence-corrected chi connectivity index (χ0v) is 11.2. The van der Waals surface area contributed by atoms with Crippen molar-refractivity contribution in [3.8, 4) is 5.75 Å². The van der Waals surface area contributed by atoms with Gasteiger partial charge in [-0.15, -0.1) is 0 Å². The van der Waals surface area contributed by atoms with E-state index in [4.69, 9.17) is 4.18 Å². The lowest BCUT2D eigenvalue weighted by Gasteiger charge is -2.08. The van der Waals surface area contributed by atoms with Crippen molar-refractivity contribution in [2.45, 2.75) is 0 Å². The second kappa shape index (κ2) is 5.75. The number of nitro benzene ring substituents is 1. The lowest BCUT2D eigenvalue weighted by atomic mass is 10.3. The lowest BCUT2D eigenvalue weighted by Crippen LogP contribution is -2.19. The van der Waals surface area contributed by atoms with Gasteiger partial charge < -0.3 is 4.18 Å². The molecule has 0 spiro atoms. The van der Waals surface area contributed by atoms with Crippen LogP contribution < -0.4 is 8.91 Å². The summed E-state index contributed by atoms with van der Waals surface area (Å²) in [5.74, 6) is -0.593. The standard InChI is InChI=1S/C12H9FN2O5S/c13-9-1-3-10(4-2-9)14-21(18,19)20-12-7-5-11(6-8-12)15(16)17/h1-8,14H. The molecule has 0 atom stereocenters. The third kappa shape index (κ3) is 4.14. The molecule has 0 amide bonds. The van der Waals surface area contributed by atoms with Gasteiger partial charge in [0.15, 0.2) is 0 Å². The highest BCUT2D eigenvalue weighted by molar-refractivity contribution is 7.88. The van der Waals surface area contributed by atoms with E-state index in [1.54, 1.807) is 0 Å². The van der Waals surface area contributed by atoms with Gasteiger partial charge in [0.25, 0.3) is 5.69 Å². The third-order valence-electron chi connectivity index (χ3n) is 2.34. The Labute approximate surface area is 119 Å². The highest BCUT2D eigenvalue weighted by Gasteiger charge is 2.14. The molecule has 110 valence electrons. The monoisotopic (exact) mass is 312 g/mol. The van der Waals surface area contributed by atoms with Gasteiger partial charge in [0, 0.05) is 12.1 Å². The maximum atomic E-state index is 12.7. The Kier molecular flexibility index (Phi) is 4.03. The highest BCUT2D eigenvalue weighted by Crippen LogP contribution is 2.19. The van der Waals surface area contributed by atoms with Gasteiger partial charge in [-0.1, -0.05) is 0 Å². The normalized spacial score (nSPS) is 10.9. The summed E-state index contributed by atoms with van der Waals surface area (Å²) in [4.78, 5) is 9.85. The van der Waals surface area contributed by atoms with Crippen LogP contribution in [0.1, 0.15) is 0 Å². The minimum atomic E-state index is -4.18. The molecule has 0 heterocycles. The van der Waals surface area contributed by atoms with Gasteiger partial charge in [-0.05, 0) is 36.4 Å². The van der Waals surface area contributed by atoms with Crippen LogP contribution in [-0.4, -0.2) is 13.3 Å². The van der Waals surface area contributed by atoms with Crippen molar-refractivity contribution in [3.05, 3.63) is 64.5 Å². The number of hydrogen-bond donors (Lipinski definition) is 1. The molecule has 2 rings (SSSR count). The Morgan fingerprint density at radius 3 is 2.14 bits per heavy atom. The van der Waals surface area contributed by atoms with Gasteiger partial charge in [-0.2, -0.15) is 8.42 Å². The van der Waals surface area contributed by atoms with E-state index in [1.807, 2.05) is 0 Å². The van der Waals surface area contributed by atoms with Crippen LogP contribution in [0.15, 0.2) is 48.5 Å². The van der Waals surface area contributed by atoms with Crippen LogP contribution in [0.4, 0.5) is 15.8 Å². The van der Waals surface area contributed by atoms with Crippen molar-refractivity contribution in [2.75, 3.05) is 4.72 Å². The Morgan fingerprint density at radius 1 is 1.05 bits per heavy atom. The topological polar surface area (TPSA) is 98.5 Å². The van der Waals surface area contributed by atoms with E-state index >= 15 is 0 Å². The molecule has 0 aliphatic carbocycles. The van der Waals surface area contributed by atoms with Crippen LogP contribution in [0.3, 0.4) is 0 Å². The van der Waals surface area contributed by atoms with Crippen molar-refractivity contribution in [2.24, 2.45) is 0 Å². The van der Waals surface area contributed by atoms with Crippen LogP contribution in [0, 0.1) is 15.9 Å². The molecule has 21 heavy (non-hydrogen) atoms. The van der Waals surface area contributed by atoms with Crippen molar-refractivity contribution in [3.63, 3.8) is 0 Å². The van der Waals surface area contributed by atoms with Crippen molar-refractivity contribution < 1.29 is 21.9 Å². The minimum absolute atomic E-state index is 0.0878. The van der Waals surface area contributed by atoms with Crippen LogP contribution >= 0.6 is 0 Å². The van der Waals surface area contributed by atoms with Crippen LogP contribution in [-0.2, 0) is 10.3 Å². The van der Waals surface area contributed by atoms with Crippen LogP contribution in [0.25, 0.3) is 0 Å². The molecular weight excluding hydrogens is 303 g/mol. The van der Waals surface area contributed by atoms with E-state index in [1.165, 1.54) is 12.1 Å². The first kappa shape index (κ1) is 14.7. The summed E-state index contributed by atoms with van der Waals surface area (Å²) in [5.41, 5.74) is -0.0652. The van der Waals surface area contributed by atoms with E-state index in [0.29, 0.717) is 0 Å². The number of nitrogens with one attached hydrogen (secondary N) is 1. The molecule has 0 aliphatic heterocycles. The summed E-state index contributed by atoms with van der Waals surface area (Å²) in [5, 5.41) is 10.5. The molecule has 0 saturated carbocycles. The summed E-state index contributed by atoms with van der Waals surface area (Å²) < 4.78 is 42.9. The van der Waals surface area contributed by atoms with Gasteiger partial charge in [-0.25, -0.2) is 4.39 Å².